The van der Waals surface area contributed by atoms with Crippen LogP contribution in [0, 0.1) is 0 Å². The van der Waals surface area contributed by atoms with Crippen molar-refractivity contribution in [3.63, 3.8) is 0 Å². The number of hydrogen-bond acceptors (Lipinski definition) is 3. The standard InChI is InChI=1S/C18H30N2O2/c1-3-5-7-8-9-11-13-17(12-10-6-4-2)22-18(21)20-15-14-19-16-20/h8-9,14-17H,3-7,10-13H2,1-2H3/b9-8-. The number of carbonyl (C=O) groups excluding carboxylic acids is 1. The minimum Gasteiger partial charge on any atom is -0.446 e. The predicted molar refractivity (Wildman–Crippen MR) is 89.9 cm³/mol. The van der Waals surface area contributed by atoms with Gasteiger partial charge >= 0.3 is 6.09 Å². The van der Waals surface area contributed by atoms with E-state index in [-0.39, 0.29) is 12.2 Å². The largest absolute Gasteiger partial charge is 0.446 e. The van der Waals surface area contributed by atoms with Crippen LogP contribution in [0.25, 0.3) is 0 Å². The molecular formula is C18H30N2O2. The summed E-state index contributed by atoms with van der Waals surface area (Å²) in [7, 11) is 0. The van der Waals surface area contributed by atoms with Crippen molar-refractivity contribution in [3.05, 3.63) is 30.9 Å². The Bertz CT molecular complexity index is 413. The van der Waals surface area contributed by atoms with Gasteiger partial charge in [0.05, 0.1) is 0 Å². The predicted octanol–water partition coefficient (Wildman–Crippen LogP) is 5.34. The quantitative estimate of drug-likeness (QED) is 0.409. The first-order valence-corrected chi connectivity index (χ1v) is 8.61. The fraction of sp³-hybridized carbons (Fsp3) is 0.667. The Balaban J connectivity index is 2.38. The minimum absolute atomic E-state index is 0.00252. The normalized spacial score (nSPS) is 12.6. The molecule has 124 valence electrons. The fourth-order valence-corrected chi connectivity index (χ4v) is 2.29. The van der Waals surface area contributed by atoms with E-state index >= 15 is 0 Å². The van der Waals surface area contributed by atoms with Crippen LogP contribution < -0.4 is 0 Å². The average molecular weight is 306 g/mol. The molecule has 1 heterocycles. The molecular weight excluding hydrogens is 276 g/mol. The molecule has 1 rings (SSSR count). The third-order valence-electron chi connectivity index (χ3n) is 3.66. The van der Waals surface area contributed by atoms with Crippen LogP contribution >= 0.6 is 0 Å². The van der Waals surface area contributed by atoms with Crippen LogP contribution in [0.1, 0.15) is 71.6 Å². The van der Waals surface area contributed by atoms with Crippen LogP contribution in [-0.4, -0.2) is 21.7 Å². The molecule has 0 fully saturated rings. The summed E-state index contributed by atoms with van der Waals surface area (Å²) in [5, 5.41) is 0. The van der Waals surface area contributed by atoms with Gasteiger partial charge in [-0.3, -0.25) is 0 Å². The van der Waals surface area contributed by atoms with Crippen molar-refractivity contribution in [1.29, 1.82) is 0 Å². The number of unbranched alkanes of at least 4 members (excludes halogenated alkanes) is 4. The Morgan fingerprint density at radius 1 is 1.14 bits per heavy atom. The second-order valence-electron chi connectivity index (χ2n) is 5.66. The van der Waals surface area contributed by atoms with E-state index < -0.39 is 0 Å². The Hall–Kier alpha value is -1.58. The summed E-state index contributed by atoms with van der Waals surface area (Å²) in [5.74, 6) is 0. The number of hydrogen-bond donors (Lipinski definition) is 0. The van der Waals surface area contributed by atoms with Crippen LogP contribution in [-0.2, 0) is 4.74 Å². The van der Waals surface area contributed by atoms with Gasteiger partial charge in [-0.15, -0.1) is 0 Å². The molecule has 1 atom stereocenters. The van der Waals surface area contributed by atoms with Gasteiger partial charge in [0.1, 0.15) is 12.4 Å². The molecule has 4 nitrogen and oxygen atoms in total. The highest BCUT2D eigenvalue weighted by atomic mass is 16.6. The number of imidazole rings is 1. The molecule has 1 unspecified atom stereocenters. The highest BCUT2D eigenvalue weighted by Crippen LogP contribution is 2.14. The van der Waals surface area contributed by atoms with Crippen LogP contribution in [0.2, 0.25) is 0 Å². The van der Waals surface area contributed by atoms with E-state index in [0.717, 1.165) is 32.1 Å². The van der Waals surface area contributed by atoms with Crippen molar-refractivity contribution < 1.29 is 9.53 Å². The van der Waals surface area contributed by atoms with E-state index in [1.165, 1.54) is 36.6 Å². The maximum atomic E-state index is 12.0. The zero-order valence-electron chi connectivity index (χ0n) is 14.0. The molecule has 0 aliphatic heterocycles. The van der Waals surface area contributed by atoms with E-state index in [1.54, 1.807) is 12.4 Å². The molecule has 0 radical (unpaired) electrons. The Morgan fingerprint density at radius 3 is 2.59 bits per heavy atom. The molecule has 1 aromatic rings. The summed E-state index contributed by atoms with van der Waals surface area (Å²) >= 11 is 0. The molecule has 4 heteroatoms. The highest BCUT2D eigenvalue weighted by Gasteiger charge is 2.14. The second-order valence-corrected chi connectivity index (χ2v) is 5.66. The monoisotopic (exact) mass is 306 g/mol. The van der Waals surface area contributed by atoms with Crippen molar-refractivity contribution in [3.8, 4) is 0 Å². The van der Waals surface area contributed by atoms with Crippen molar-refractivity contribution in [2.24, 2.45) is 0 Å². The van der Waals surface area contributed by atoms with Crippen molar-refractivity contribution >= 4 is 6.09 Å². The summed E-state index contributed by atoms with van der Waals surface area (Å²) < 4.78 is 7.01. The fourth-order valence-electron chi connectivity index (χ4n) is 2.29. The number of carbonyl (C=O) groups is 1. The maximum Gasteiger partial charge on any atom is 0.419 e. The summed E-state index contributed by atoms with van der Waals surface area (Å²) in [4.78, 5) is 15.9. The lowest BCUT2D eigenvalue weighted by molar-refractivity contribution is 0.0876. The lowest BCUT2D eigenvalue weighted by Gasteiger charge is -2.17. The third-order valence-corrected chi connectivity index (χ3v) is 3.66. The van der Waals surface area contributed by atoms with Gasteiger partial charge in [0.25, 0.3) is 0 Å². The molecule has 0 aliphatic rings. The van der Waals surface area contributed by atoms with Gasteiger partial charge in [-0.05, 0) is 32.1 Å². The van der Waals surface area contributed by atoms with Crippen molar-refractivity contribution in [2.45, 2.75) is 77.7 Å². The smallest absolute Gasteiger partial charge is 0.419 e. The summed E-state index contributed by atoms with van der Waals surface area (Å²) in [6, 6.07) is 0. The molecule has 0 spiro atoms. The van der Waals surface area contributed by atoms with Gasteiger partial charge in [0.2, 0.25) is 0 Å². The highest BCUT2D eigenvalue weighted by molar-refractivity contribution is 5.70. The molecule has 0 bridgehead atoms. The van der Waals surface area contributed by atoms with Crippen LogP contribution in [0.3, 0.4) is 0 Å². The Kier molecular flexibility index (Phi) is 10.1. The zero-order chi connectivity index (χ0) is 16.0. The molecule has 0 saturated carbocycles. The van der Waals surface area contributed by atoms with Gasteiger partial charge in [0, 0.05) is 12.4 Å². The topological polar surface area (TPSA) is 44.1 Å². The molecule has 0 saturated heterocycles. The lowest BCUT2D eigenvalue weighted by atomic mass is 10.1. The minimum atomic E-state index is -0.325. The first-order valence-electron chi connectivity index (χ1n) is 8.61. The van der Waals surface area contributed by atoms with Crippen LogP contribution in [0.15, 0.2) is 30.9 Å². The first kappa shape index (κ1) is 18.5. The van der Waals surface area contributed by atoms with E-state index in [0.29, 0.717) is 0 Å². The van der Waals surface area contributed by atoms with Crippen molar-refractivity contribution in [2.75, 3.05) is 0 Å². The summed E-state index contributed by atoms with van der Waals surface area (Å²) in [6.07, 6.45) is 18.7. The van der Waals surface area contributed by atoms with Gasteiger partial charge in [-0.25, -0.2) is 14.3 Å². The number of aromatic nitrogens is 2. The molecule has 0 amide bonds. The average Bonchev–Trinajstić information content (AvgIpc) is 3.05. The molecule has 0 N–H and O–H groups in total. The summed E-state index contributed by atoms with van der Waals surface area (Å²) in [5.41, 5.74) is 0. The Labute approximate surface area is 134 Å². The molecule has 1 aromatic heterocycles. The Morgan fingerprint density at radius 2 is 1.91 bits per heavy atom. The third kappa shape index (κ3) is 8.01. The zero-order valence-corrected chi connectivity index (χ0v) is 14.0. The van der Waals surface area contributed by atoms with Gasteiger partial charge in [-0.1, -0.05) is 51.7 Å². The number of ether oxygens (including phenoxy) is 1. The van der Waals surface area contributed by atoms with Gasteiger partial charge in [0.15, 0.2) is 0 Å². The number of rotatable bonds is 11. The van der Waals surface area contributed by atoms with E-state index in [4.69, 9.17) is 4.74 Å². The van der Waals surface area contributed by atoms with Gasteiger partial charge < -0.3 is 4.74 Å². The van der Waals surface area contributed by atoms with E-state index in [2.05, 4.69) is 31.0 Å². The van der Waals surface area contributed by atoms with Crippen LogP contribution in [0.4, 0.5) is 4.79 Å². The second kappa shape index (κ2) is 12.0. The van der Waals surface area contributed by atoms with E-state index in [1.807, 2.05) is 0 Å². The molecule has 0 aromatic carbocycles. The van der Waals surface area contributed by atoms with Crippen molar-refractivity contribution in [1.82, 2.24) is 9.55 Å². The molecule has 0 aliphatic carbocycles. The SMILES string of the molecule is CCCC/C=C\CCC(CCCCC)OC(=O)n1ccnc1. The summed E-state index contributed by atoms with van der Waals surface area (Å²) in [6.45, 7) is 4.39. The van der Waals surface area contributed by atoms with Gasteiger partial charge in [-0.2, -0.15) is 0 Å². The maximum absolute atomic E-state index is 12.0. The molecule has 22 heavy (non-hydrogen) atoms. The van der Waals surface area contributed by atoms with Crippen LogP contribution in [0.5, 0.6) is 0 Å². The van der Waals surface area contributed by atoms with E-state index in [9.17, 15) is 4.79 Å². The number of nitrogens with zero attached hydrogens (tertiary/aromatic N) is 2. The first-order chi connectivity index (χ1) is 10.8. The number of allylic oxidation sites excluding steroid dienone is 2. The lowest BCUT2D eigenvalue weighted by Crippen LogP contribution is -2.21.